The number of nitrogens with one attached hydrogen (secondary N) is 3. The van der Waals surface area contributed by atoms with Gasteiger partial charge >= 0.3 is 0 Å². The number of thiazole rings is 1. The zero-order valence-corrected chi connectivity index (χ0v) is 23.1. The van der Waals surface area contributed by atoms with Crippen molar-refractivity contribution in [2.45, 2.75) is 26.9 Å². The van der Waals surface area contributed by atoms with Gasteiger partial charge in [-0.15, -0.1) is 11.3 Å². The van der Waals surface area contributed by atoms with Crippen molar-refractivity contribution >= 4 is 35.4 Å². The molecule has 0 bridgehead atoms. The highest BCUT2D eigenvalue weighted by molar-refractivity contribution is 7.17. The van der Waals surface area contributed by atoms with E-state index in [1.165, 1.54) is 11.3 Å². The summed E-state index contributed by atoms with van der Waals surface area (Å²) in [5.41, 5.74) is 3.94. The number of hydrogen-bond donors (Lipinski definition) is 3. The van der Waals surface area contributed by atoms with E-state index in [1.54, 1.807) is 39.5 Å². The summed E-state index contributed by atoms with van der Waals surface area (Å²) in [6.07, 6.45) is 1.85. The maximum atomic E-state index is 13.2. The lowest BCUT2D eigenvalue weighted by Gasteiger charge is -2.14. The fourth-order valence-corrected chi connectivity index (χ4v) is 5.02. The number of pyridine rings is 1. The quantitative estimate of drug-likeness (QED) is 0.187. The Morgan fingerprint density at radius 2 is 1.95 bits per heavy atom. The molecule has 0 saturated heterocycles. The normalized spacial score (nSPS) is 10.7. The van der Waals surface area contributed by atoms with E-state index < -0.39 is 5.91 Å². The molecular weight excluding hydrogens is 518 g/mol. The summed E-state index contributed by atoms with van der Waals surface area (Å²) in [6, 6.07) is 8.80. The molecule has 11 nitrogen and oxygen atoms in total. The van der Waals surface area contributed by atoms with E-state index in [-0.39, 0.29) is 17.9 Å². The molecule has 39 heavy (non-hydrogen) atoms. The second kappa shape index (κ2) is 11.9. The standard InChI is InChI=1S/C27H29N7O4S/c1-6-34-21(9-15(2)33-34)27-32-25(23(14-35)39-27)24-18(12-28)19(29-3)11-20(31-24)26(36)30-13-16-7-8-17(37-4)10-22(16)38-5/h7-12,14,28H,6,13H2,1-5H3,(H,29,31)(H,30,36). The van der Waals surface area contributed by atoms with Crippen molar-refractivity contribution in [1.29, 1.82) is 5.41 Å². The number of hydrogen-bond acceptors (Lipinski definition) is 10. The zero-order valence-electron chi connectivity index (χ0n) is 22.3. The van der Waals surface area contributed by atoms with Gasteiger partial charge in [-0.1, -0.05) is 0 Å². The third kappa shape index (κ3) is 5.50. The fraction of sp³-hybridized carbons (Fsp3) is 0.259. The Labute approximate surface area is 229 Å². The average molecular weight is 548 g/mol. The number of nitrogens with zero attached hydrogens (tertiary/aromatic N) is 4. The number of aryl methyl sites for hydroxylation is 2. The number of rotatable bonds is 11. The Morgan fingerprint density at radius 1 is 1.15 bits per heavy atom. The average Bonchev–Trinajstić information content (AvgIpc) is 3.57. The monoisotopic (exact) mass is 547 g/mol. The first kappa shape index (κ1) is 27.5. The van der Waals surface area contributed by atoms with Gasteiger partial charge in [-0.3, -0.25) is 14.3 Å². The van der Waals surface area contributed by atoms with Crippen LogP contribution in [-0.2, 0) is 13.1 Å². The first-order valence-electron chi connectivity index (χ1n) is 12.1. The van der Waals surface area contributed by atoms with Crippen LogP contribution in [0.2, 0.25) is 0 Å². The molecule has 4 aromatic rings. The number of methoxy groups -OCH3 is 2. The number of carbonyl (C=O) groups excluding carboxylic acids is 2. The largest absolute Gasteiger partial charge is 0.497 e. The van der Waals surface area contributed by atoms with Crippen LogP contribution < -0.4 is 20.1 Å². The molecule has 3 aromatic heterocycles. The lowest BCUT2D eigenvalue weighted by atomic mass is 10.1. The maximum absolute atomic E-state index is 13.2. The molecule has 0 aliphatic carbocycles. The topological polar surface area (TPSA) is 144 Å². The number of carbonyl (C=O) groups is 2. The summed E-state index contributed by atoms with van der Waals surface area (Å²) >= 11 is 1.21. The fourth-order valence-electron chi connectivity index (χ4n) is 4.12. The highest BCUT2D eigenvalue weighted by Crippen LogP contribution is 2.35. The van der Waals surface area contributed by atoms with E-state index >= 15 is 0 Å². The third-order valence-corrected chi connectivity index (χ3v) is 7.05. The minimum absolute atomic E-state index is 0.105. The number of anilines is 1. The van der Waals surface area contributed by atoms with Gasteiger partial charge in [-0.05, 0) is 38.1 Å². The second-order valence-corrected chi connectivity index (χ2v) is 9.44. The lowest BCUT2D eigenvalue weighted by Crippen LogP contribution is -2.24. The summed E-state index contributed by atoms with van der Waals surface area (Å²) in [5, 5.41) is 19.0. The van der Waals surface area contributed by atoms with E-state index in [1.807, 2.05) is 30.7 Å². The molecule has 3 heterocycles. The van der Waals surface area contributed by atoms with E-state index in [0.29, 0.717) is 51.2 Å². The molecule has 0 aliphatic heterocycles. The number of aldehydes is 1. The minimum atomic E-state index is -0.440. The molecule has 1 amide bonds. The number of benzene rings is 1. The van der Waals surface area contributed by atoms with Gasteiger partial charge in [0.2, 0.25) is 0 Å². The van der Waals surface area contributed by atoms with Crippen molar-refractivity contribution in [1.82, 2.24) is 25.1 Å². The third-order valence-electron chi connectivity index (χ3n) is 6.04. The lowest BCUT2D eigenvalue weighted by molar-refractivity contribution is 0.0945. The van der Waals surface area contributed by atoms with Gasteiger partial charge in [-0.2, -0.15) is 5.10 Å². The Kier molecular flexibility index (Phi) is 8.35. The summed E-state index contributed by atoms with van der Waals surface area (Å²) in [4.78, 5) is 35.0. The summed E-state index contributed by atoms with van der Waals surface area (Å²) < 4.78 is 12.5. The van der Waals surface area contributed by atoms with Crippen LogP contribution in [0.4, 0.5) is 5.69 Å². The molecule has 0 unspecified atom stereocenters. The van der Waals surface area contributed by atoms with Gasteiger partial charge in [0.25, 0.3) is 5.91 Å². The van der Waals surface area contributed by atoms with Crippen LogP contribution >= 0.6 is 11.3 Å². The molecule has 12 heteroatoms. The van der Waals surface area contributed by atoms with Crippen LogP contribution in [0.25, 0.3) is 22.1 Å². The van der Waals surface area contributed by atoms with Gasteiger partial charge in [0, 0.05) is 49.2 Å². The smallest absolute Gasteiger partial charge is 0.270 e. The Balaban J connectivity index is 1.74. The summed E-state index contributed by atoms with van der Waals surface area (Å²) in [7, 11) is 4.80. The van der Waals surface area contributed by atoms with Crippen LogP contribution in [0.15, 0.2) is 30.3 Å². The van der Waals surface area contributed by atoms with Crippen molar-refractivity contribution in [2.24, 2.45) is 0 Å². The molecule has 3 N–H and O–H groups in total. The molecule has 4 rings (SSSR count). The molecule has 202 valence electrons. The van der Waals surface area contributed by atoms with Gasteiger partial charge in [0.1, 0.15) is 33.6 Å². The van der Waals surface area contributed by atoms with Crippen molar-refractivity contribution in [3.05, 3.63) is 57.7 Å². The van der Waals surface area contributed by atoms with Gasteiger partial charge in [-0.25, -0.2) is 9.97 Å². The van der Waals surface area contributed by atoms with Crippen LogP contribution in [0.3, 0.4) is 0 Å². The SMILES string of the molecule is CCn1nc(C)cc1-c1nc(-c2nc(C(=O)NCc3ccc(OC)cc3OC)cc(NC)c2C=N)c(C=O)s1. The molecule has 0 fully saturated rings. The maximum Gasteiger partial charge on any atom is 0.270 e. The highest BCUT2D eigenvalue weighted by Gasteiger charge is 2.23. The summed E-state index contributed by atoms with van der Waals surface area (Å²) in [6.45, 7) is 4.69. The molecule has 0 spiro atoms. The molecule has 0 saturated carbocycles. The van der Waals surface area contributed by atoms with Gasteiger partial charge < -0.3 is 25.5 Å². The van der Waals surface area contributed by atoms with Gasteiger partial charge in [0.05, 0.1) is 30.5 Å². The van der Waals surface area contributed by atoms with Crippen LogP contribution in [0.5, 0.6) is 11.5 Å². The predicted molar refractivity (Wildman–Crippen MR) is 151 cm³/mol. The van der Waals surface area contributed by atoms with Crippen molar-refractivity contribution in [3.63, 3.8) is 0 Å². The number of aromatic nitrogens is 4. The molecule has 0 aliphatic rings. The minimum Gasteiger partial charge on any atom is -0.497 e. The van der Waals surface area contributed by atoms with Crippen molar-refractivity contribution in [3.8, 4) is 33.6 Å². The molecular formula is C27H29N7O4S. The van der Waals surface area contributed by atoms with Crippen molar-refractivity contribution in [2.75, 3.05) is 26.6 Å². The molecule has 1 aromatic carbocycles. The first-order valence-corrected chi connectivity index (χ1v) is 12.9. The predicted octanol–water partition coefficient (Wildman–Crippen LogP) is 4.20. The van der Waals surface area contributed by atoms with Crippen LogP contribution in [0, 0.1) is 12.3 Å². The summed E-state index contributed by atoms with van der Waals surface area (Å²) in [5.74, 6) is 0.774. The van der Waals surface area contributed by atoms with E-state index in [0.717, 1.165) is 23.2 Å². The Hall–Kier alpha value is -4.58. The molecule has 0 atom stereocenters. The molecule has 0 radical (unpaired) electrons. The van der Waals surface area contributed by atoms with Crippen molar-refractivity contribution < 1.29 is 19.1 Å². The first-order chi connectivity index (χ1) is 18.9. The highest BCUT2D eigenvalue weighted by atomic mass is 32.1. The van der Waals surface area contributed by atoms with Gasteiger partial charge in [0.15, 0.2) is 6.29 Å². The van der Waals surface area contributed by atoms with Crippen LogP contribution in [0.1, 0.15) is 43.9 Å². The Morgan fingerprint density at radius 3 is 2.59 bits per heavy atom. The van der Waals surface area contributed by atoms with E-state index in [2.05, 4.69) is 20.7 Å². The van der Waals surface area contributed by atoms with Crippen LogP contribution in [-0.4, -0.2) is 59.4 Å². The second-order valence-electron chi connectivity index (χ2n) is 8.41. The van der Waals surface area contributed by atoms with E-state index in [4.69, 9.17) is 19.9 Å². The van der Waals surface area contributed by atoms with E-state index in [9.17, 15) is 9.59 Å². The Bertz CT molecular complexity index is 1540. The number of ether oxygens (including phenoxy) is 2. The zero-order chi connectivity index (χ0) is 28.1. The number of amides is 1.